The van der Waals surface area contributed by atoms with Crippen LogP contribution in [-0.4, -0.2) is 42.3 Å². The van der Waals surface area contributed by atoms with E-state index in [0.717, 1.165) is 0 Å². The number of aliphatic imine (C=N–C) groups is 1. The molecule has 0 spiro atoms. The van der Waals surface area contributed by atoms with Gasteiger partial charge < -0.3 is 4.90 Å². The smallest absolute Gasteiger partial charge is 0.252 e. The molecule has 0 saturated carbocycles. The second-order valence-electron chi connectivity index (χ2n) is 6.70. The topological polar surface area (TPSA) is 66.8 Å². The van der Waals surface area contributed by atoms with Crippen molar-refractivity contribution < 1.29 is 17.6 Å². The predicted octanol–water partition coefficient (Wildman–Crippen LogP) is 3.32. The van der Waals surface area contributed by atoms with Gasteiger partial charge in [-0.25, -0.2) is 12.8 Å². The fraction of sp³-hybridized carbons (Fsp3) is 0.263. The van der Waals surface area contributed by atoms with Crippen molar-refractivity contribution in [2.75, 3.05) is 16.4 Å². The van der Waals surface area contributed by atoms with Crippen LogP contribution in [0.1, 0.15) is 5.56 Å². The second-order valence-corrected chi connectivity index (χ2v) is 10.5. The molecule has 2 saturated heterocycles. The van der Waals surface area contributed by atoms with Gasteiger partial charge in [0.15, 0.2) is 15.0 Å². The van der Waals surface area contributed by atoms with Gasteiger partial charge in [-0.15, -0.1) is 0 Å². The molecule has 2 aromatic rings. The maximum absolute atomic E-state index is 13.3. The number of carbonyl (C=O) groups is 1. The van der Waals surface area contributed by atoms with Crippen molar-refractivity contribution in [2.45, 2.75) is 17.7 Å². The average molecular weight is 439 g/mol. The first kappa shape index (κ1) is 19.4. The number of anilines is 1. The third-order valence-corrected chi connectivity index (χ3v) is 8.27. The van der Waals surface area contributed by atoms with Gasteiger partial charge in [0.1, 0.15) is 5.82 Å². The van der Waals surface area contributed by atoms with E-state index in [4.69, 9.17) is 11.6 Å². The van der Waals surface area contributed by atoms with E-state index in [-0.39, 0.29) is 40.9 Å². The Morgan fingerprint density at radius 1 is 1.18 bits per heavy atom. The number of carbonyl (C=O) groups excluding carboxylic acids is 1. The summed E-state index contributed by atoms with van der Waals surface area (Å²) in [7, 11) is -3.15. The summed E-state index contributed by atoms with van der Waals surface area (Å²) in [4.78, 5) is 18.5. The first-order valence-electron chi connectivity index (χ1n) is 8.59. The predicted molar refractivity (Wildman–Crippen MR) is 110 cm³/mol. The Morgan fingerprint density at radius 3 is 2.61 bits per heavy atom. The number of fused-ring (bicyclic) bond motifs is 1. The van der Waals surface area contributed by atoms with Crippen LogP contribution in [0.3, 0.4) is 0 Å². The van der Waals surface area contributed by atoms with Gasteiger partial charge in [0.05, 0.1) is 24.0 Å². The summed E-state index contributed by atoms with van der Waals surface area (Å²) >= 11 is 7.40. The lowest BCUT2D eigenvalue weighted by molar-refractivity contribution is -0.117. The molecular formula is C19H16ClFN2O3S2. The Labute approximate surface area is 171 Å². The number of amides is 1. The zero-order chi connectivity index (χ0) is 19.9. The highest BCUT2D eigenvalue weighted by Gasteiger charge is 2.49. The van der Waals surface area contributed by atoms with Gasteiger partial charge >= 0.3 is 0 Å². The Bertz CT molecular complexity index is 1060. The molecule has 2 aliphatic rings. The molecule has 0 N–H and O–H groups in total. The summed E-state index contributed by atoms with van der Waals surface area (Å²) in [6, 6.07) is 12.5. The lowest BCUT2D eigenvalue weighted by Gasteiger charge is -2.24. The Morgan fingerprint density at radius 2 is 1.89 bits per heavy atom. The van der Waals surface area contributed by atoms with Gasteiger partial charge in [-0.05, 0) is 35.9 Å². The zero-order valence-electron chi connectivity index (χ0n) is 14.6. The number of hydrogen-bond acceptors (Lipinski definition) is 4. The molecule has 2 heterocycles. The van der Waals surface area contributed by atoms with Crippen LogP contribution in [0.2, 0.25) is 5.02 Å². The molecule has 0 aromatic heterocycles. The van der Waals surface area contributed by atoms with Crippen molar-refractivity contribution in [3.8, 4) is 0 Å². The van der Waals surface area contributed by atoms with E-state index >= 15 is 0 Å². The van der Waals surface area contributed by atoms with E-state index in [2.05, 4.69) is 4.99 Å². The van der Waals surface area contributed by atoms with E-state index in [1.807, 2.05) is 0 Å². The summed E-state index contributed by atoms with van der Waals surface area (Å²) in [5, 5.41) is 0.726. The first-order chi connectivity index (χ1) is 13.3. The number of halogens is 2. The van der Waals surface area contributed by atoms with Crippen LogP contribution in [0.25, 0.3) is 0 Å². The third-order valence-electron chi connectivity index (χ3n) is 4.69. The third kappa shape index (κ3) is 3.94. The highest BCUT2D eigenvalue weighted by Crippen LogP contribution is 2.41. The summed E-state index contributed by atoms with van der Waals surface area (Å²) in [5.41, 5.74) is 1.29. The fourth-order valence-corrected chi connectivity index (χ4v) is 7.55. The lowest BCUT2D eigenvalue weighted by Crippen LogP contribution is -2.37. The number of sulfone groups is 1. The molecule has 146 valence electrons. The SMILES string of the molecule is O=C(Cc1ccccc1Cl)N=C1S[C@@H]2CS(=O)(=O)C[C@@H]2N1c1ccc(F)cc1. The standard InChI is InChI=1S/C19H16ClFN2O3S2/c20-15-4-2-1-3-12(15)9-18(24)22-19-23(14-7-5-13(21)6-8-14)16-10-28(25,26)11-17(16)27-19/h1-8,16-17H,9-11H2/t16-,17+/m0/s1. The number of thioether (sulfide) groups is 1. The van der Waals surface area contributed by atoms with Crippen LogP contribution in [0.4, 0.5) is 10.1 Å². The van der Waals surface area contributed by atoms with Gasteiger partial charge in [0, 0.05) is 16.0 Å². The van der Waals surface area contributed by atoms with Crippen LogP contribution >= 0.6 is 23.4 Å². The Balaban J connectivity index is 1.65. The minimum atomic E-state index is -3.15. The number of nitrogens with zero attached hydrogens (tertiary/aromatic N) is 2. The molecule has 28 heavy (non-hydrogen) atoms. The number of rotatable bonds is 3. The number of amidine groups is 1. The van der Waals surface area contributed by atoms with E-state index < -0.39 is 9.84 Å². The van der Waals surface area contributed by atoms with Gasteiger partial charge in [-0.3, -0.25) is 4.79 Å². The van der Waals surface area contributed by atoms with Crippen molar-refractivity contribution in [1.29, 1.82) is 0 Å². The molecule has 0 aliphatic carbocycles. The Hall–Kier alpha value is -1.90. The summed E-state index contributed by atoms with van der Waals surface area (Å²) in [6.07, 6.45) is 0.0502. The van der Waals surface area contributed by atoms with E-state index in [1.54, 1.807) is 41.3 Å². The van der Waals surface area contributed by atoms with Crippen molar-refractivity contribution >= 4 is 50.0 Å². The van der Waals surface area contributed by atoms with Crippen LogP contribution in [0.15, 0.2) is 53.5 Å². The van der Waals surface area contributed by atoms with Gasteiger partial charge in [0.25, 0.3) is 5.91 Å². The zero-order valence-corrected chi connectivity index (χ0v) is 17.0. The van der Waals surface area contributed by atoms with Crippen LogP contribution in [-0.2, 0) is 21.1 Å². The normalized spacial score (nSPS) is 24.5. The molecule has 2 atom stereocenters. The lowest BCUT2D eigenvalue weighted by atomic mass is 10.1. The van der Waals surface area contributed by atoms with Gasteiger partial charge in [-0.2, -0.15) is 4.99 Å². The van der Waals surface area contributed by atoms with Crippen LogP contribution < -0.4 is 4.90 Å². The highest BCUT2D eigenvalue weighted by molar-refractivity contribution is 8.16. The molecule has 0 bridgehead atoms. The minimum absolute atomic E-state index is 0.0141. The molecule has 0 radical (unpaired) electrons. The van der Waals surface area contributed by atoms with Crippen molar-refractivity contribution in [2.24, 2.45) is 4.99 Å². The first-order valence-corrected chi connectivity index (χ1v) is 11.7. The quantitative estimate of drug-likeness (QED) is 0.735. The fourth-order valence-electron chi connectivity index (χ4n) is 3.42. The average Bonchev–Trinajstić information content (AvgIpc) is 3.09. The minimum Gasteiger partial charge on any atom is -0.316 e. The molecule has 2 aromatic carbocycles. The van der Waals surface area contributed by atoms with Crippen molar-refractivity contribution in [3.05, 3.63) is 64.9 Å². The molecule has 2 aliphatic heterocycles. The summed E-state index contributed by atoms with van der Waals surface area (Å²) in [5.74, 6) is -0.734. The molecule has 2 fully saturated rings. The molecule has 0 unspecified atom stereocenters. The maximum Gasteiger partial charge on any atom is 0.252 e. The Kier molecular flexibility index (Phi) is 5.20. The van der Waals surface area contributed by atoms with Gasteiger partial charge in [-0.1, -0.05) is 41.6 Å². The molecule has 9 heteroatoms. The maximum atomic E-state index is 13.3. The highest BCUT2D eigenvalue weighted by atomic mass is 35.5. The second kappa shape index (κ2) is 7.50. The van der Waals surface area contributed by atoms with Gasteiger partial charge in [0.2, 0.25) is 0 Å². The largest absolute Gasteiger partial charge is 0.316 e. The monoisotopic (exact) mass is 438 g/mol. The van der Waals surface area contributed by atoms with Crippen molar-refractivity contribution in [1.82, 2.24) is 0 Å². The van der Waals surface area contributed by atoms with E-state index in [9.17, 15) is 17.6 Å². The summed E-state index contributed by atoms with van der Waals surface area (Å²) in [6.45, 7) is 0. The van der Waals surface area contributed by atoms with Crippen LogP contribution in [0.5, 0.6) is 0 Å². The van der Waals surface area contributed by atoms with Crippen molar-refractivity contribution in [3.63, 3.8) is 0 Å². The molecular weight excluding hydrogens is 423 g/mol. The molecule has 5 nitrogen and oxygen atoms in total. The number of hydrogen-bond donors (Lipinski definition) is 0. The molecule has 4 rings (SSSR count). The van der Waals surface area contributed by atoms with E-state index in [1.165, 1.54) is 23.9 Å². The number of benzene rings is 2. The summed E-state index contributed by atoms with van der Waals surface area (Å²) < 4.78 is 37.5. The van der Waals surface area contributed by atoms with Crippen LogP contribution in [0, 0.1) is 5.82 Å². The molecule has 1 amide bonds. The van der Waals surface area contributed by atoms with E-state index in [0.29, 0.717) is 21.4 Å².